The van der Waals surface area contributed by atoms with Crippen LogP contribution in [0, 0.1) is 0 Å². The summed E-state index contributed by atoms with van der Waals surface area (Å²) < 4.78 is 28.4. The summed E-state index contributed by atoms with van der Waals surface area (Å²) >= 11 is 5.52. The summed E-state index contributed by atoms with van der Waals surface area (Å²) in [4.78, 5) is 37.0. The highest BCUT2D eigenvalue weighted by Crippen LogP contribution is 2.39. The van der Waals surface area contributed by atoms with E-state index < -0.39 is 48.4 Å². The molecule has 3 rings (SSSR count). The average Bonchev–Trinajstić information content (AvgIpc) is 3.17. The van der Waals surface area contributed by atoms with Gasteiger partial charge in [0.25, 0.3) is 0 Å². The van der Waals surface area contributed by atoms with Gasteiger partial charge in [-0.3, -0.25) is 19.3 Å². The number of carbonyl (C=O) groups excluding carboxylic acids is 3. The molecule has 1 aromatic rings. The molecule has 2 saturated heterocycles. The molecule has 1 N–H and O–H groups in total. The highest BCUT2D eigenvalue weighted by molar-refractivity contribution is 7.80. The van der Waals surface area contributed by atoms with E-state index in [0.29, 0.717) is 5.69 Å². The van der Waals surface area contributed by atoms with Gasteiger partial charge in [-0.15, -0.1) is 0 Å². The van der Waals surface area contributed by atoms with Crippen molar-refractivity contribution in [3.8, 4) is 0 Å². The number of thiocarbonyl (C=S) groups is 1. The van der Waals surface area contributed by atoms with Gasteiger partial charge in [-0.1, -0.05) is 18.2 Å². The molecule has 1 aromatic carbocycles. The number of carbonyl (C=O) groups is 3. The molecular formula is C22H28N2O8S. The SMILES string of the molecule is CC(=O)OC[C@H](NC(=S)N(C(C)=O)c1ccccc1)[C@H]1O[C@@H]2OC(C)(C)O[C@@H]2[C@H]1OC(C)=O. The van der Waals surface area contributed by atoms with E-state index in [2.05, 4.69) is 5.32 Å². The van der Waals surface area contributed by atoms with Gasteiger partial charge in [0, 0.05) is 20.8 Å². The van der Waals surface area contributed by atoms with Crippen molar-refractivity contribution in [2.24, 2.45) is 0 Å². The van der Waals surface area contributed by atoms with Gasteiger partial charge in [0.2, 0.25) is 5.91 Å². The first-order valence-corrected chi connectivity index (χ1v) is 10.9. The molecular weight excluding hydrogens is 452 g/mol. The maximum absolute atomic E-state index is 12.4. The predicted molar refractivity (Wildman–Crippen MR) is 120 cm³/mol. The summed E-state index contributed by atoms with van der Waals surface area (Å²) in [5, 5.41) is 3.10. The summed E-state index contributed by atoms with van der Waals surface area (Å²) in [7, 11) is 0. The number of nitrogens with one attached hydrogen (secondary N) is 1. The number of amides is 1. The van der Waals surface area contributed by atoms with Crippen molar-refractivity contribution in [3.05, 3.63) is 30.3 Å². The van der Waals surface area contributed by atoms with E-state index >= 15 is 0 Å². The van der Waals surface area contributed by atoms with Gasteiger partial charge in [-0.2, -0.15) is 0 Å². The van der Waals surface area contributed by atoms with Gasteiger partial charge in [0.15, 0.2) is 29.4 Å². The zero-order valence-electron chi connectivity index (χ0n) is 19.1. The van der Waals surface area contributed by atoms with Crippen LogP contribution in [0.2, 0.25) is 0 Å². The molecule has 0 aliphatic carbocycles. The molecule has 180 valence electrons. The first-order valence-electron chi connectivity index (χ1n) is 10.5. The third kappa shape index (κ3) is 6.05. The zero-order chi connectivity index (χ0) is 24.3. The molecule has 2 fully saturated rings. The van der Waals surface area contributed by atoms with Crippen molar-refractivity contribution >= 4 is 40.9 Å². The number of para-hydroxylation sites is 1. The Bertz CT molecular complexity index is 909. The van der Waals surface area contributed by atoms with E-state index in [1.807, 2.05) is 6.07 Å². The Balaban J connectivity index is 1.86. The number of rotatable bonds is 6. The molecule has 0 radical (unpaired) electrons. The van der Waals surface area contributed by atoms with Crippen LogP contribution in [0.15, 0.2) is 30.3 Å². The van der Waals surface area contributed by atoms with E-state index in [1.54, 1.807) is 38.1 Å². The van der Waals surface area contributed by atoms with Crippen molar-refractivity contribution in [2.45, 2.75) is 71.0 Å². The first-order chi connectivity index (χ1) is 15.5. The monoisotopic (exact) mass is 480 g/mol. The van der Waals surface area contributed by atoms with Crippen LogP contribution >= 0.6 is 12.2 Å². The van der Waals surface area contributed by atoms with Crippen LogP contribution < -0.4 is 10.2 Å². The standard InChI is InChI=1S/C22H28N2O8S/c1-12(25)24(15-9-7-6-8-10-15)21(33)23-16(11-28-13(2)26)17-18(29-14(3)27)19-20(30-17)32-22(4,5)31-19/h6-10,16-20H,11H2,1-5H3,(H,23,33)/t16-,17+,18-,19+,20+/m0/s1. The van der Waals surface area contributed by atoms with Crippen molar-refractivity contribution in [3.63, 3.8) is 0 Å². The maximum atomic E-state index is 12.4. The maximum Gasteiger partial charge on any atom is 0.303 e. The normalized spacial score (nSPS) is 26.1. The van der Waals surface area contributed by atoms with Crippen molar-refractivity contribution in [1.29, 1.82) is 0 Å². The number of hydrogen-bond donors (Lipinski definition) is 1. The number of ether oxygens (including phenoxy) is 5. The van der Waals surface area contributed by atoms with Gasteiger partial charge in [0.05, 0.1) is 11.7 Å². The Morgan fingerprint density at radius 1 is 1.12 bits per heavy atom. The smallest absolute Gasteiger partial charge is 0.303 e. The van der Waals surface area contributed by atoms with Crippen LogP contribution in [0.1, 0.15) is 34.6 Å². The highest BCUT2D eigenvalue weighted by atomic mass is 32.1. The third-order valence-corrected chi connectivity index (χ3v) is 5.33. The van der Waals surface area contributed by atoms with E-state index in [4.69, 9.17) is 35.9 Å². The Morgan fingerprint density at radius 3 is 2.36 bits per heavy atom. The second-order valence-corrected chi connectivity index (χ2v) is 8.58. The molecule has 33 heavy (non-hydrogen) atoms. The van der Waals surface area contributed by atoms with E-state index in [-0.39, 0.29) is 17.6 Å². The Kier molecular flexibility index (Phi) is 7.68. The Morgan fingerprint density at radius 2 is 1.79 bits per heavy atom. The second-order valence-electron chi connectivity index (χ2n) is 8.19. The molecule has 11 heteroatoms. The Hall–Kier alpha value is -2.60. The molecule has 0 unspecified atom stereocenters. The molecule has 0 bridgehead atoms. The van der Waals surface area contributed by atoms with E-state index in [1.165, 1.54) is 25.7 Å². The number of hydrogen-bond acceptors (Lipinski definition) is 9. The van der Waals surface area contributed by atoms with Crippen LogP contribution in [-0.4, -0.2) is 66.0 Å². The van der Waals surface area contributed by atoms with Gasteiger partial charge >= 0.3 is 11.9 Å². The second kappa shape index (κ2) is 10.1. The summed E-state index contributed by atoms with van der Waals surface area (Å²) in [6.45, 7) is 7.21. The minimum Gasteiger partial charge on any atom is -0.464 e. The fourth-order valence-electron chi connectivity index (χ4n) is 3.82. The van der Waals surface area contributed by atoms with Crippen LogP contribution in [0.25, 0.3) is 0 Å². The quantitative estimate of drug-likeness (QED) is 0.476. The third-order valence-electron chi connectivity index (χ3n) is 5.03. The lowest BCUT2D eigenvalue weighted by Gasteiger charge is -2.33. The van der Waals surface area contributed by atoms with Gasteiger partial charge in [-0.05, 0) is 38.2 Å². The minimum atomic E-state index is -0.925. The summed E-state index contributed by atoms with van der Waals surface area (Å²) in [6, 6.07) is 8.06. The van der Waals surface area contributed by atoms with Crippen LogP contribution in [0.4, 0.5) is 5.69 Å². The molecule has 10 nitrogen and oxygen atoms in total. The molecule has 2 aliphatic heterocycles. The number of benzene rings is 1. The molecule has 2 aliphatic rings. The van der Waals surface area contributed by atoms with Crippen LogP contribution in [0.5, 0.6) is 0 Å². The lowest BCUT2D eigenvalue weighted by Crippen LogP contribution is -2.56. The first kappa shape index (κ1) is 25.0. The topological polar surface area (TPSA) is 113 Å². The van der Waals surface area contributed by atoms with Gasteiger partial charge < -0.3 is 29.0 Å². The summed E-state index contributed by atoms with van der Waals surface area (Å²) in [5.74, 6) is -2.30. The summed E-state index contributed by atoms with van der Waals surface area (Å²) in [5.41, 5.74) is 0.558. The Labute approximate surface area is 197 Å². The van der Waals surface area contributed by atoms with Crippen LogP contribution in [-0.2, 0) is 38.1 Å². The number of fused-ring (bicyclic) bond motifs is 1. The molecule has 0 spiro atoms. The largest absolute Gasteiger partial charge is 0.464 e. The minimum absolute atomic E-state index is 0.0650. The molecule has 0 aromatic heterocycles. The molecule has 5 atom stereocenters. The van der Waals surface area contributed by atoms with Crippen LogP contribution in [0.3, 0.4) is 0 Å². The van der Waals surface area contributed by atoms with Gasteiger partial charge in [0.1, 0.15) is 12.7 Å². The molecule has 1 amide bonds. The summed E-state index contributed by atoms with van der Waals surface area (Å²) in [6.07, 6.45) is -3.21. The lowest BCUT2D eigenvalue weighted by atomic mass is 10.0. The fourth-order valence-corrected chi connectivity index (χ4v) is 4.21. The van der Waals surface area contributed by atoms with Crippen molar-refractivity contribution < 1.29 is 38.1 Å². The van der Waals surface area contributed by atoms with Crippen molar-refractivity contribution in [2.75, 3.05) is 11.5 Å². The van der Waals surface area contributed by atoms with E-state index in [0.717, 1.165) is 0 Å². The van der Waals surface area contributed by atoms with E-state index in [9.17, 15) is 14.4 Å². The zero-order valence-corrected chi connectivity index (χ0v) is 19.9. The average molecular weight is 481 g/mol. The fraction of sp³-hybridized carbons (Fsp3) is 0.545. The molecule has 0 saturated carbocycles. The lowest BCUT2D eigenvalue weighted by molar-refractivity contribution is -0.222. The highest BCUT2D eigenvalue weighted by Gasteiger charge is 2.58. The number of anilines is 1. The molecule has 2 heterocycles. The van der Waals surface area contributed by atoms with Gasteiger partial charge in [-0.25, -0.2) is 0 Å². The van der Waals surface area contributed by atoms with Crippen molar-refractivity contribution in [1.82, 2.24) is 5.32 Å². The number of nitrogens with zero attached hydrogens (tertiary/aromatic N) is 1. The predicted octanol–water partition coefficient (Wildman–Crippen LogP) is 1.65. The number of esters is 2.